The summed E-state index contributed by atoms with van der Waals surface area (Å²) in [6.07, 6.45) is 1.82. The van der Waals surface area contributed by atoms with Crippen LogP contribution in [0.1, 0.15) is 11.3 Å². The molecule has 0 aliphatic rings. The van der Waals surface area contributed by atoms with Gasteiger partial charge in [-0.2, -0.15) is 0 Å². The minimum atomic E-state index is -0.533. The second kappa shape index (κ2) is 4.76. The van der Waals surface area contributed by atoms with Gasteiger partial charge in [-0.05, 0) is 23.6 Å². The lowest BCUT2D eigenvalue weighted by Gasteiger charge is -2.07. The van der Waals surface area contributed by atoms with E-state index in [9.17, 15) is 8.78 Å². The lowest BCUT2D eigenvalue weighted by Crippen LogP contribution is -1.99. The van der Waals surface area contributed by atoms with Crippen LogP contribution in [0.3, 0.4) is 0 Å². The van der Waals surface area contributed by atoms with Gasteiger partial charge in [0.1, 0.15) is 11.6 Å². The minimum absolute atomic E-state index is 0.0614. The monoisotopic (exact) mass is 255 g/mol. The fourth-order valence-electron chi connectivity index (χ4n) is 2.19. The maximum absolute atomic E-state index is 13.7. The zero-order chi connectivity index (χ0) is 13.2. The van der Waals surface area contributed by atoms with Gasteiger partial charge in [-0.15, -0.1) is 0 Å². The molecular formula is C16H11F2N. The molecule has 0 unspecified atom stereocenters. The van der Waals surface area contributed by atoms with Crippen LogP contribution in [0.2, 0.25) is 0 Å². The molecule has 1 heterocycles. The number of rotatable bonds is 2. The van der Waals surface area contributed by atoms with E-state index in [1.165, 1.54) is 18.2 Å². The van der Waals surface area contributed by atoms with Crippen LogP contribution in [0.5, 0.6) is 0 Å². The summed E-state index contributed by atoms with van der Waals surface area (Å²) in [5.41, 5.74) is 0.744. The van der Waals surface area contributed by atoms with Crippen molar-refractivity contribution < 1.29 is 8.78 Å². The topological polar surface area (TPSA) is 12.9 Å². The van der Waals surface area contributed by atoms with Crippen molar-refractivity contribution >= 4 is 10.8 Å². The Kier molecular flexibility index (Phi) is 2.95. The summed E-state index contributed by atoms with van der Waals surface area (Å²) >= 11 is 0. The number of nitrogens with zero attached hydrogens (tertiary/aromatic N) is 1. The van der Waals surface area contributed by atoms with E-state index in [4.69, 9.17) is 0 Å². The average molecular weight is 255 g/mol. The van der Waals surface area contributed by atoms with E-state index in [0.717, 1.165) is 10.8 Å². The molecule has 94 valence electrons. The van der Waals surface area contributed by atoms with E-state index < -0.39 is 11.6 Å². The molecule has 0 spiro atoms. The van der Waals surface area contributed by atoms with Gasteiger partial charge in [-0.3, -0.25) is 4.98 Å². The zero-order valence-corrected chi connectivity index (χ0v) is 10.1. The molecule has 19 heavy (non-hydrogen) atoms. The summed E-state index contributed by atoms with van der Waals surface area (Å²) in [4.78, 5) is 4.25. The van der Waals surface area contributed by atoms with Crippen molar-refractivity contribution in [3.8, 4) is 0 Å². The van der Waals surface area contributed by atoms with Crippen molar-refractivity contribution in [3.63, 3.8) is 0 Å². The van der Waals surface area contributed by atoms with Crippen LogP contribution in [0.25, 0.3) is 10.8 Å². The third-order valence-corrected chi connectivity index (χ3v) is 3.16. The fourth-order valence-corrected chi connectivity index (χ4v) is 2.19. The predicted octanol–water partition coefficient (Wildman–Crippen LogP) is 4.10. The molecule has 3 aromatic rings. The van der Waals surface area contributed by atoms with E-state index >= 15 is 0 Å². The number of fused-ring (bicyclic) bond motifs is 1. The van der Waals surface area contributed by atoms with E-state index in [2.05, 4.69) is 4.98 Å². The molecule has 1 aromatic heterocycles. The molecule has 0 amide bonds. The van der Waals surface area contributed by atoms with Crippen LogP contribution in [0.15, 0.2) is 54.7 Å². The minimum Gasteiger partial charge on any atom is -0.260 e. The molecule has 0 saturated heterocycles. The van der Waals surface area contributed by atoms with Gasteiger partial charge >= 0.3 is 0 Å². The summed E-state index contributed by atoms with van der Waals surface area (Å²) in [6, 6.07) is 13.5. The molecule has 0 N–H and O–H groups in total. The number of benzene rings is 2. The lowest BCUT2D eigenvalue weighted by atomic mass is 10.0. The van der Waals surface area contributed by atoms with Crippen LogP contribution in [0, 0.1) is 11.6 Å². The highest BCUT2D eigenvalue weighted by molar-refractivity contribution is 5.84. The Hall–Kier alpha value is -2.29. The molecular weight excluding hydrogens is 244 g/mol. The summed E-state index contributed by atoms with van der Waals surface area (Å²) in [5.74, 6) is -1.07. The van der Waals surface area contributed by atoms with Crippen molar-refractivity contribution in [2.45, 2.75) is 6.42 Å². The standard InChI is InChI=1S/C16H11F2N/c17-14-6-3-7-15(18)13(14)10-16-12-5-2-1-4-11(12)8-9-19-16/h1-9H,10H2. The second-order valence-corrected chi connectivity index (χ2v) is 4.36. The second-order valence-electron chi connectivity index (χ2n) is 4.36. The first-order valence-electron chi connectivity index (χ1n) is 6.01. The van der Waals surface area contributed by atoms with Crippen molar-refractivity contribution in [3.05, 3.63) is 77.6 Å². The summed E-state index contributed by atoms with van der Waals surface area (Å²) < 4.78 is 27.3. The van der Waals surface area contributed by atoms with E-state index in [-0.39, 0.29) is 12.0 Å². The first kappa shape index (κ1) is 11.8. The highest BCUT2D eigenvalue weighted by Crippen LogP contribution is 2.21. The van der Waals surface area contributed by atoms with Gasteiger partial charge in [0.25, 0.3) is 0 Å². The Bertz CT molecular complexity index is 712. The van der Waals surface area contributed by atoms with Gasteiger partial charge in [-0.25, -0.2) is 8.78 Å². The summed E-state index contributed by atoms with van der Waals surface area (Å²) in [5, 5.41) is 1.94. The molecule has 0 fully saturated rings. The molecule has 0 radical (unpaired) electrons. The van der Waals surface area contributed by atoms with Crippen molar-refractivity contribution in [2.24, 2.45) is 0 Å². The molecule has 0 atom stereocenters. The molecule has 0 bridgehead atoms. The Morgan fingerprint density at radius 3 is 2.37 bits per heavy atom. The highest BCUT2D eigenvalue weighted by atomic mass is 19.1. The molecule has 0 aliphatic heterocycles. The Morgan fingerprint density at radius 1 is 0.842 bits per heavy atom. The van der Waals surface area contributed by atoms with Crippen LogP contribution in [-0.4, -0.2) is 4.98 Å². The largest absolute Gasteiger partial charge is 0.260 e. The van der Waals surface area contributed by atoms with E-state index in [0.29, 0.717) is 5.69 Å². The number of aromatic nitrogens is 1. The highest BCUT2D eigenvalue weighted by Gasteiger charge is 2.11. The number of halogens is 2. The maximum Gasteiger partial charge on any atom is 0.129 e. The number of pyridine rings is 1. The van der Waals surface area contributed by atoms with Gasteiger partial charge in [0.2, 0.25) is 0 Å². The lowest BCUT2D eigenvalue weighted by molar-refractivity contribution is 0.561. The van der Waals surface area contributed by atoms with Gasteiger partial charge < -0.3 is 0 Å². The summed E-state index contributed by atoms with van der Waals surface area (Å²) in [6.45, 7) is 0. The Balaban J connectivity index is 2.11. The molecule has 3 heteroatoms. The van der Waals surface area contributed by atoms with Gasteiger partial charge in [0, 0.05) is 23.6 Å². The Labute approximate surface area is 109 Å². The SMILES string of the molecule is Fc1cccc(F)c1Cc1nccc2ccccc12. The van der Waals surface area contributed by atoms with Crippen molar-refractivity contribution in [1.29, 1.82) is 0 Å². The average Bonchev–Trinajstić information content (AvgIpc) is 2.43. The molecule has 2 aromatic carbocycles. The van der Waals surface area contributed by atoms with Crippen LogP contribution < -0.4 is 0 Å². The third kappa shape index (κ3) is 2.19. The molecule has 1 nitrogen and oxygen atoms in total. The number of hydrogen-bond acceptors (Lipinski definition) is 1. The Morgan fingerprint density at radius 2 is 1.58 bits per heavy atom. The normalized spacial score (nSPS) is 10.8. The molecule has 0 aliphatic carbocycles. The predicted molar refractivity (Wildman–Crippen MR) is 70.9 cm³/mol. The first-order valence-corrected chi connectivity index (χ1v) is 6.01. The van der Waals surface area contributed by atoms with Crippen molar-refractivity contribution in [2.75, 3.05) is 0 Å². The smallest absolute Gasteiger partial charge is 0.129 e. The summed E-state index contributed by atoms with van der Waals surface area (Å²) in [7, 11) is 0. The maximum atomic E-state index is 13.7. The first-order chi connectivity index (χ1) is 9.25. The molecule has 3 rings (SSSR count). The van der Waals surface area contributed by atoms with Gasteiger partial charge in [0.05, 0.1) is 5.69 Å². The van der Waals surface area contributed by atoms with Gasteiger partial charge in [-0.1, -0.05) is 30.3 Å². The van der Waals surface area contributed by atoms with Crippen LogP contribution >= 0.6 is 0 Å². The molecule has 0 saturated carbocycles. The zero-order valence-electron chi connectivity index (χ0n) is 10.1. The third-order valence-electron chi connectivity index (χ3n) is 3.16. The van der Waals surface area contributed by atoms with Crippen molar-refractivity contribution in [1.82, 2.24) is 4.98 Å². The number of hydrogen-bond donors (Lipinski definition) is 0. The van der Waals surface area contributed by atoms with Crippen LogP contribution in [0.4, 0.5) is 8.78 Å². The van der Waals surface area contributed by atoms with E-state index in [1.54, 1.807) is 6.20 Å². The van der Waals surface area contributed by atoms with Crippen LogP contribution in [-0.2, 0) is 6.42 Å². The quantitative estimate of drug-likeness (QED) is 0.671. The van der Waals surface area contributed by atoms with E-state index in [1.807, 2.05) is 30.3 Å². The fraction of sp³-hybridized carbons (Fsp3) is 0.0625. The van der Waals surface area contributed by atoms with Gasteiger partial charge in [0.15, 0.2) is 0 Å².